The first-order valence-corrected chi connectivity index (χ1v) is 3.01. The number of rotatable bonds is 3. The van der Waals surface area contributed by atoms with Gasteiger partial charge in [0.15, 0.2) is 14.8 Å². The Bertz CT molecular complexity index is 73.7. The van der Waals surface area contributed by atoms with Gasteiger partial charge >= 0.3 is 0 Å². The van der Waals surface area contributed by atoms with Gasteiger partial charge in [0, 0.05) is 0 Å². The Labute approximate surface area is 48.0 Å². The molecule has 1 unspecified atom stereocenters. The van der Waals surface area contributed by atoms with E-state index in [1.54, 1.807) is 0 Å². The minimum Gasteiger partial charge on any atom is -0.387 e. The smallest absolute Gasteiger partial charge is 0.178 e. The maximum atomic E-state index is 9.63. The molecule has 0 aromatic carbocycles. The molecule has 0 aliphatic rings. The molecular weight excluding hydrogens is 131 g/mol. The number of aliphatic hydroxyl groups excluding tert-OH is 2. The van der Waals surface area contributed by atoms with Crippen molar-refractivity contribution in [1.82, 2.24) is 0 Å². The highest BCUT2D eigenvalue weighted by molar-refractivity contribution is 7.23. The van der Waals surface area contributed by atoms with Crippen molar-refractivity contribution in [2.45, 2.75) is 12.4 Å². The lowest BCUT2D eigenvalue weighted by molar-refractivity contribution is -0.113. The third-order valence-electron chi connectivity index (χ3n) is 0.606. The second-order valence-electron chi connectivity index (χ2n) is 1.29. The summed E-state index contributed by atoms with van der Waals surface area (Å²) in [6.07, 6.45) is -3.22. The minimum absolute atomic E-state index is 0.141. The molecule has 0 spiro atoms. The Morgan fingerprint density at radius 2 is 1.88 bits per heavy atom. The largest absolute Gasteiger partial charge is 0.387 e. The van der Waals surface area contributed by atoms with Gasteiger partial charge in [0.25, 0.3) is 0 Å². The fourth-order valence-electron chi connectivity index (χ4n) is 0.171. The van der Waals surface area contributed by atoms with Crippen LogP contribution in [-0.2, 0) is 4.57 Å². The number of hydrogen-bond acceptors (Lipinski definition) is 4. The predicted molar refractivity (Wildman–Crippen MR) is 26.7 cm³/mol. The van der Waals surface area contributed by atoms with Gasteiger partial charge in [-0.2, -0.15) is 0 Å². The third kappa shape index (κ3) is 3.04. The molecule has 0 aromatic rings. The van der Waals surface area contributed by atoms with Crippen molar-refractivity contribution in [3.05, 3.63) is 0 Å². The highest BCUT2D eigenvalue weighted by atomic mass is 31.1. The summed E-state index contributed by atoms with van der Waals surface area (Å²) < 4.78 is 9.63. The van der Waals surface area contributed by atoms with Gasteiger partial charge in [-0.1, -0.05) is 0 Å². The standard InChI is InChI=1S/C3H7O4P/c4-2(1-8-7)3(5)6/h2-6H,1H2. The molecule has 3 N–H and O–H groups in total. The first-order chi connectivity index (χ1) is 3.68. The van der Waals surface area contributed by atoms with Gasteiger partial charge in [0.05, 0.1) is 6.16 Å². The van der Waals surface area contributed by atoms with Gasteiger partial charge in [-0.15, -0.1) is 0 Å². The Kier molecular flexibility index (Phi) is 3.91. The molecule has 0 heterocycles. The molecule has 0 amide bonds. The second kappa shape index (κ2) is 3.92. The van der Waals surface area contributed by atoms with Crippen LogP contribution in [-0.4, -0.2) is 33.9 Å². The Morgan fingerprint density at radius 3 is 2.00 bits per heavy atom. The lowest BCUT2D eigenvalue weighted by atomic mass is 10.4. The van der Waals surface area contributed by atoms with Gasteiger partial charge in [-0.3, -0.25) is 4.57 Å². The van der Waals surface area contributed by atoms with Crippen molar-refractivity contribution >= 4 is 8.46 Å². The van der Waals surface area contributed by atoms with Crippen LogP contribution in [0, 0.1) is 0 Å². The molecule has 0 rings (SSSR count). The van der Waals surface area contributed by atoms with Crippen molar-refractivity contribution in [3.8, 4) is 0 Å². The fraction of sp³-hybridized carbons (Fsp3) is 1.00. The van der Waals surface area contributed by atoms with Crippen LogP contribution in [0.3, 0.4) is 0 Å². The molecule has 0 aromatic heterocycles. The number of hydrogen-bond donors (Lipinski definition) is 3. The second-order valence-corrected chi connectivity index (χ2v) is 1.92. The molecule has 5 heteroatoms. The van der Waals surface area contributed by atoms with Crippen LogP contribution in [0.25, 0.3) is 0 Å². The van der Waals surface area contributed by atoms with Gasteiger partial charge in [0.2, 0.25) is 0 Å². The van der Waals surface area contributed by atoms with Gasteiger partial charge in [-0.25, -0.2) is 0 Å². The van der Waals surface area contributed by atoms with E-state index in [1.165, 1.54) is 0 Å². The Morgan fingerprint density at radius 1 is 1.38 bits per heavy atom. The van der Waals surface area contributed by atoms with Crippen LogP contribution in [0.2, 0.25) is 0 Å². The molecule has 0 aliphatic heterocycles. The highest BCUT2D eigenvalue weighted by Crippen LogP contribution is 1.98. The molecule has 0 aliphatic carbocycles. The molecule has 0 fully saturated rings. The molecule has 0 saturated carbocycles. The van der Waals surface area contributed by atoms with E-state index < -0.39 is 12.4 Å². The van der Waals surface area contributed by atoms with E-state index in [1.807, 2.05) is 0 Å². The van der Waals surface area contributed by atoms with Crippen molar-refractivity contribution < 1.29 is 19.9 Å². The summed E-state index contributed by atoms with van der Waals surface area (Å²) in [5, 5.41) is 24.6. The van der Waals surface area contributed by atoms with E-state index in [4.69, 9.17) is 15.3 Å². The minimum atomic E-state index is -1.78. The summed E-state index contributed by atoms with van der Waals surface area (Å²) in [5.41, 5.74) is 0. The highest BCUT2D eigenvalue weighted by Gasteiger charge is 2.10. The molecule has 0 bridgehead atoms. The zero-order chi connectivity index (χ0) is 6.57. The van der Waals surface area contributed by atoms with E-state index in [-0.39, 0.29) is 14.6 Å². The van der Waals surface area contributed by atoms with E-state index in [2.05, 4.69) is 0 Å². The number of aliphatic hydroxyl groups is 3. The van der Waals surface area contributed by atoms with Gasteiger partial charge < -0.3 is 15.3 Å². The topological polar surface area (TPSA) is 77.8 Å². The predicted octanol–water partition coefficient (Wildman–Crippen LogP) is -1.05. The lowest BCUT2D eigenvalue weighted by Gasteiger charge is -2.06. The molecule has 48 valence electrons. The molecular formula is C3H7O4P. The molecule has 0 radical (unpaired) electrons. The van der Waals surface area contributed by atoms with Gasteiger partial charge in [-0.05, 0) is 0 Å². The van der Waals surface area contributed by atoms with E-state index in [0.29, 0.717) is 0 Å². The van der Waals surface area contributed by atoms with Crippen LogP contribution < -0.4 is 0 Å². The molecule has 0 saturated heterocycles. The monoisotopic (exact) mass is 138 g/mol. The van der Waals surface area contributed by atoms with Crippen molar-refractivity contribution in [3.63, 3.8) is 0 Å². The van der Waals surface area contributed by atoms with Gasteiger partial charge in [0.1, 0.15) is 6.10 Å². The van der Waals surface area contributed by atoms with Crippen molar-refractivity contribution in [2.24, 2.45) is 0 Å². The van der Waals surface area contributed by atoms with E-state index in [0.717, 1.165) is 0 Å². The van der Waals surface area contributed by atoms with Crippen LogP contribution in [0.4, 0.5) is 0 Å². The zero-order valence-corrected chi connectivity index (χ0v) is 4.95. The fourth-order valence-corrected chi connectivity index (χ4v) is 0.512. The van der Waals surface area contributed by atoms with E-state index >= 15 is 0 Å². The molecule has 8 heavy (non-hydrogen) atoms. The Balaban J connectivity index is 3.30. The summed E-state index contributed by atoms with van der Waals surface area (Å²) in [6.45, 7) is 0. The van der Waals surface area contributed by atoms with E-state index in [9.17, 15) is 4.57 Å². The summed E-state index contributed by atoms with van der Waals surface area (Å²) >= 11 is 0. The first kappa shape index (κ1) is 7.98. The summed E-state index contributed by atoms with van der Waals surface area (Å²) in [7, 11) is -0.286. The quantitative estimate of drug-likeness (QED) is 0.343. The lowest BCUT2D eigenvalue weighted by Crippen LogP contribution is -2.26. The molecule has 4 nitrogen and oxygen atoms in total. The first-order valence-electron chi connectivity index (χ1n) is 2.01. The summed E-state index contributed by atoms with van der Waals surface area (Å²) in [4.78, 5) is 0. The zero-order valence-electron chi connectivity index (χ0n) is 4.06. The van der Waals surface area contributed by atoms with Crippen molar-refractivity contribution in [1.29, 1.82) is 0 Å². The van der Waals surface area contributed by atoms with Crippen molar-refractivity contribution in [2.75, 3.05) is 6.16 Å². The average molecular weight is 138 g/mol. The van der Waals surface area contributed by atoms with Crippen LogP contribution in [0.1, 0.15) is 0 Å². The average Bonchev–Trinajstić information content (AvgIpc) is 1.67. The van der Waals surface area contributed by atoms with Crippen LogP contribution in [0.5, 0.6) is 0 Å². The van der Waals surface area contributed by atoms with Crippen LogP contribution >= 0.6 is 8.46 Å². The maximum Gasteiger partial charge on any atom is 0.178 e. The Hall–Kier alpha value is -0.0200. The maximum absolute atomic E-state index is 9.63. The third-order valence-corrected chi connectivity index (χ3v) is 1.13. The van der Waals surface area contributed by atoms with Crippen LogP contribution in [0.15, 0.2) is 0 Å². The summed E-state index contributed by atoms with van der Waals surface area (Å²) in [5.74, 6) is 0. The molecule has 1 atom stereocenters. The summed E-state index contributed by atoms with van der Waals surface area (Å²) in [6, 6.07) is 0. The normalized spacial score (nSPS) is 15.0. The SMILES string of the molecule is O=PCC(O)C(O)O.